The van der Waals surface area contributed by atoms with Crippen molar-refractivity contribution >= 4 is 17.3 Å². The first kappa shape index (κ1) is 22.0. The zero-order valence-electron chi connectivity index (χ0n) is 18.8. The van der Waals surface area contributed by atoms with E-state index in [-0.39, 0.29) is 5.91 Å². The first-order chi connectivity index (χ1) is 15.5. The topological polar surface area (TPSA) is 74.5 Å². The van der Waals surface area contributed by atoms with Gasteiger partial charge in [-0.1, -0.05) is 37.3 Å². The number of likely N-dealkylation sites (N-methyl/N-ethyl adjacent to an activating group) is 1. The van der Waals surface area contributed by atoms with Crippen LogP contribution in [0.2, 0.25) is 0 Å². The van der Waals surface area contributed by atoms with E-state index in [0.717, 1.165) is 56.1 Å². The number of nitrogen functional groups attached to an aromatic ring is 1. The third-order valence-corrected chi connectivity index (χ3v) is 6.08. The molecule has 2 aromatic carbocycles. The molecule has 4 rings (SSSR count). The number of aromatic nitrogens is 1. The number of nitrogens with zero attached hydrogens (tertiary/aromatic N) is 3. The molecule has 0 saturated carbocycles. The van der Waals surface area contributed by atoms with Crippen LogP contribution in [0.4, 0.5) is 11.4 Å². The van der Waals surface area contributed by atoms with Gasteiger partial charge in [-0.05, 0) is 48.9 Å². The molecule has 0 unspecified atom stereocenters. The lowest BCUT2D eigenvalue weighted by Crippen LogP contribution is -2.45. The zero-order chi connectivity index (χ0) is 22.5. The Bertz CT molecular complexity index is 1070. The van der Waals surface area contributed by atoms with Crippen LogP contribution < -0.4 is 11.1 Å². The molecule has 1 aliphatic heterocycles. The first-order valence-electron chi connectivity index (χ1n) is 11.2. The Hall–Kier alpha value is -3.22. The summed E-state index contributed by atoms with van der Waals surface area (Å²) in [6.07, 6.45) is 1.98. The molecule has 0 atom stereocenters. The van der Waals surface area contributed by atoms with Crippen LogP contribution in [0.25, 0.3) is 11.3 Å². The van der Waals surface area contributed by atoms with Gasteiger partial charge in [0, 0.05) is 50.0 Å². The minimum Gasteiger partial charge on any atom is -0.397 e. The number of carbonyl (C=O) groups is 1. The average molecular weight is 430 g/mol. The molecule has 0 radical (unpaired) electrons. The molecule has 1 saturated heterocycles. The molecule has 0 bridgehead atoms. The van der Waals surface area contributed by atoms with E-state index in [1.54, 1.807) is 12.1 Å². The van der Waals surface area contributed by atoms with Crippen LogP contribution in [0.1, 0.15) is 28.4 Å². The summed E-state index contributed by atoms with van der Waals surface area (Å²) in [5, 5.41) is 2.86. The van der Waals surface area contributed by atoms with Crippen molar-refractivity contribution in [1.29, 1.82) is 0 Å². The van der Waals surface area contributed by atoms with Gasteiger partial charge >= 0.3 is 0 Å². The number of rotatable bonds is 6. The third-order valence-electron chi connectivity index (χ3n) is 6.08. The summed E-state index contributed by atoms with van der Waals surface area (Å²) in [4.78, 5) is 22.3. The summed E-state index contributed by atoms with van der Waals surface area (Å²) in [6.45, 7) is 10.9. The molecule has 1 amide bonds. The summed E-state index contributed by atoms with van der Waals surface area (Å²) in [7, 11) is 0. The number of benzene rings is 2. The van der Waals surface area contributed by atoms with Crippen molar-refractivity contribution in [2.24, 2.45) is 0 Å². The average Bonchev–Trinajstić information content (AvgIpc) is 2.81. The van der Waals surface area contributed by atoms with Gasteiger partial charge in [0.25, 0.3) is 5.91 Å². The number of aryl methyl sites for hydroxylation is 1. The standard InChI is InChI=1S/C26H31N5O/c1-3-30-12-14-31(15-13-30)18-20-16-19(2)25(28-17-20)21-8-10-22(11-9-21)26(32)29-24-7-5-4-6-23(24)27/h4-11,16-17H,3,12-15,18,27H2,1-2H3,(H,29,32). The molecule has 1 aliphatic rings. The second kappa shape index (κ2) is 9.94. The van der Waals surface area contributed by atoms with E-state index >= 15 is 0 Å². The van der Waals surface area contributed by atoms with Crippen LogP contribution in [0.3, 0.4) is 0 Å². The van der Waals surface area contributed by atoms with Gasteiger partial charge in [-0.3, -0.25) is 14.7 Å². The van der Waals surface area contributed by atoms with Crippen LogP contribution >= 0.6 is 0 Å². The Labute approximate surface area is 190 Å². The van der Waals surface area contributed by atoms with Gasteiger partial charge in [-0.15, -0.1) is 0 Å². The molecule has 32 heavy (non-hydrogen) atoms. The lowest BCUT2D eigenvalue weighted by Gasteiger charge is -2.34. The van der Waals surface area contributed by atoms with Crippen molar-refractivity contribution in [2.75, 3.05) is 43.8 Å². The summed E-state index contributed by atoms with van der Waals surface area (Å²) < 4.78 is 0. The van der Waals surface area contributed by atoms with Crippen molar-refractivity contribution < 1.29 is 4.79 Å². The second-order valence-corrected chi connectivity index (χ2v) is 8.34. The van der Waals surface area contributed by atoms with E-state index in [1.807, 2.05) is 42.6 Å². The Morgan fingerprint density at radius 2 is 1.72 bits per heavy atom. The molecule has 1 fully saturated rings. The number of hydrogen-bond donors (Lipinski definition) is 2. The predicted molar refractivity (Wildman–Crippen MR) is 131 cm³/mol. The van der Waals surface area contributed by atoms with Crippen LogP contribution in [0.5, 0.6) is 0 Å². The van der Waals surface area contributed by atoms with Crippen LogP contribution in [-0.2, 0) is 6.54 Å². The van der Waals surface area contributed by atoms with Gasteiger partial charge < -0.3 is 16.0 Å². The van der Waals surface area contributed by atoms with Crippen LogP contribution in [0.15, 0.2) is 60.8 Å². The van der Waals surface area contributed by atoms with Crippen molar-refractivity contribution in [3.8, 4) is 11.3 Å². The van der Waals surface area contributed by atoms with Gasteiger partial charge in [-0.2, -0.15) is 0 Å². The van der Waals surface area contributed by atoms with Crippen LogP contribution in [0, 0.1) is 6.92 Å². The maximum Gasteiger partial charge on any atom is 0.255 e. The van der Waals surface area contributed by atoms with Gasteiger partial charge in [0.05, 0.1) is 17.1 Å². The van der Waals surface area contributed by atoms with E-state index in [2.05, 4.69) is 35.0 Å². The third kappa shape index (κ3) is 5.15. The highest BCUT2D eigenvalue weighted by molar-refractivity contribution is 6.05. The largest absolute Gasteiger partial charge is 0.397 e. The number of nitrogens with two attached hydrogens (primary N) is 1. The Kier molecular flexibility index (Phi) is 6.83. The molecule has 2 heterocycles. The lowest BCUT2D eigenvalue weighted by molar-refractivity contribution is 0.102. The maximum absolute atomic E-state index is 12.6. The Balaban J connectivity index is 1.41. The molecule has 166 valence electrons. The first-order valence-corrected chi connectivity index (χ1v) is 11.2. The zero-order valence-corrected chi connectivity index (χ0v) is 18.8. The highest BCUT2D eigenvalue weighted by Crippen LogP contribution is 2.24. The number of nitrogens with one attached hydrogen (secondary N) is 1. The smallest absolute Gasteiger partial charge is 0.255 e. The summed E-state index contributed by atoms with van der Waals surface area (Å²) in [5.74, 6) is -0.183. The van der Waals surface area contributed by atoms with E-state index in [1.165, 1.54) is 5.56 Å². The van der Waals surface area contributed by atoms with E-state index in [0.29, 0.717) is 16.9 Å². The van der Waals surface area contributed by atoms with Gasteiger partial charge in [0.1, 0.15) is 0 Å². The van der Waals surface area contributed by atoms with Crippen molar-refractivity contribution in [2.45, 2.75) is 20.4 Å². The highest BCUT2D eigenvalue weighted by Gasteiger charge is 2.16. The van der Waals surface area contributed by atoms with Crippen LogP contribution in [-0.4, -0.2) is 53.4 Å². The van der Waals surface area contributed by atoms with Gasteiger partial charge in [0.2, 0.25) is 0 Å². The minimum atomic E-state index is -0.183. The maximum atomic E-state index is 12.6. The predicted octanol–water partition coefficient (Wildman–Crippen LogP) is 4.03. The molecule has 6 heteroatoms. The van der Waals surface area contributed by atoms with Gasteiger partial charge in [0.15, 0.2) is 0 Å². The number of anilines is 2. The number of para-hydroxylation sites is 2. The number of carbonyl (C=O) groups excluding carboxylic acids is 1. The van der Waals surface area contributed by atoms with E-state index in [4.69, 9.17) is 10.7 Å². The van der Waals surface area contributed by atoms with Crippen molar-refractivity contribution in [3.05, 3.63) is 77.5 Å². The Morgan fingerprint density at radius 3 is 2.38 bits per heavy atom. The lowest BCUT2D eigenvalue weighted by atomic mass is 10.0. The van der Waals surface area contributed by atoms with Crippen molar-refractivity contribution in [3.63, 3.8) is 0 Å². The SMILES string of the molecule is CCN1CCN(Cc2cnc(-c3ccc(C(=O)Nc4ccccc4N)cc3)c(C)c2)CC1. The minimum absolute atomic E-state index is 0.183. The summed E-state index contributed by atoms with van der Waals surface area (Å²) >= 11 is 0. The molecule has 3 aromatic rings. The fraction of sp³-hybridized carbons (Fsp3) is 0.308. The fourth-order valence-electron chi connectivity index (χ4n) is 4.13. The quantitative estimate of drug-likeness (QED) is 0.579. The monoisotopic (exact) mass is 429 g/mol. The van der Waals surface area contributed by atoms with E-state index < -0.39 is 0 Å². The normalized spacial score (nSPS) is 14.9. The number of hydrogen-bond acceptors (Lipinski definition) is 5. The van der Waals surface area contributed by atoms with Gasteiger partial charge in [-0.25, -0.2) is 0 Å². The molecule has 0 aliphatic carbocycles. The number of piperazine rings is 1. The molecular weight excluding hydrogens is 398 g/mol. The molecule has 3 N–H and O–H groups in total. The molecule has 1 aromatic heterocycles. The molecule has 6 nitrogen and oxygen atoms in total. The van der Waals surface area contributed by atoms with Crippen molar-refractivity contribution in [1.82, 2.24) is 14.8 Å². The molecule has 0 spiro atoms. The summed E-state index contributed by atoms with van der Waals surface area (Å²) in [6, 6.07) is 17.0. The number of pyridine rings is 1. The second-order valence-electron chi connectivity index (χ2n) is 8.34. The highest BCUT2D eigenvalue weighted by atomic mass is 16.1. The Morgan fingerprint density at radius 1 is 1.03 bits per heavy atom. The van der Waals surface area contributed by atoms with E-state index in [9.17, 15) is 4.79 Å². The fourth-order valence-corrected chi connectivity index (χ4v) is 4.13. The summed E-state index contributed by atoms with van der Waals surface area (Å²) in [5.41, 5.74) is 12.0. The number of amides is 1. The molecular formula is C26H31N5O.